The van der Waals surface area contributed by atoms with Crippen LogP contribution < -0.4 is 0 Å². The molecule has 0 atom stereocenters. The Kier molecular flexibility index (Phi) is 2.05. The van der Waals surface area contributed by atoms with E-state index in [4.69, 9.17) is 0 Å². The van der Waals surface area contributed by atoms with Crippen LogP contribution in [0.1, 0.15) is 12.6 Å². The number of aryl methyl sites for hydroxylation is 2. The lowest BCUT2D eigenvalue weighted by Crippen LogP contribution is -1.95. The van der Waals surface area contributed by atoms with Crippen molar-refractivity contribution in [1.82, 2.24) is 24.4 Å². The lowest BCUT2D eigenvalue weighted by molar-refractivity contribution is 0.767. The molecule has 0 amide bonds. The highest BCUT2D eigenvalue weighted by Crippen LogP contribution is 2.22. The molecule has 6 heteroatoms. The lowest BCUT2D eigenvalue weighted by Gasteiger charge is -1.98. The molecule has 0 bridgehead atoms. The van der Waals surface area contributed by atoms with Gasteiger partial charge in [-0.1, -0.05) is 4.49 Å². The fraction of sp³-hybridized carbons (Fsp3) is 0.429. The smallest absolute Gasteiger partial charge is 0.177 e. The predicted octanol–water partition coefficient (Wildman–Crippen LogP) is 1.12. The van der Waals surface area contributed by atoms with Crippen LogP contribution in [0.25, 0.3) is 10.7 Å². The molecule has 0 spiro atoms. The van der Waals surface area contributed by atoms with Gasteiger partial charge in [0.05, 0.1) is 5.69 Å². The van der Waals surface area contributed by atoms with Crippen LogP contribution in [0.4, 0.5) is 0 Å². The molecule has 2 heterocycles. The van der Waals surface area contributed by atoms with E-state index >= 15 is 0 Å². The topological polar surface area (TPSA) is 56.5 Å². The molecule has 0 saturated heterocycles. The monoisotopic (exact) mass is 195 g/mol. The molecule has 2 aromatic rings. The third-order valence-corrected chi connectivity index (χ3v) is 2.63. The third kappa shape index (κ3) is 1.33. The largest absolute Gasteiger partial charge is 0.313 e. The van der Waals surface area contributed by atoms with Gasteiger partial charge in [0, 0.05) is 6.54 Å². The van der Waals surface area contributed by atoms with Crippen LogP contribution in [-0.2, 0) is 6.54 Å². The SMILES string of the molecule is CCn1cnnc1-c1snnc1C. The van der Waals surface area contributed by atoms with Gasteiger partial charge in [0.1, 0.15) is 11.2 Å². The Morgan fingerprint density at radius 2 is 2.31 bits per heavy atom. The molecular weight excluding hydrogens is 186 g/mol. The van der Waals surface area contributed by atoms with Crippen molar-refractivity contribution in [2.45, 2.75) is 20.4 Å². The van der Waals surface area contributed by atoms with Crippen molar-refractivity contribution in [1.29, 1.82) is 0 Å². The van der Waals surface area contributed by atoms with Gasteiger partial charge in [0.25, 0.3) is 0 Å². The molecule has 5 nitrogen and oxygen atoms in total. The summed E-state index contributed by atoms with van der Waals surface area (Å²) in [4.78, 5) is 0.999. The average Bonchev–Trinajstić information content (AvgIpc) is 2.71. The van der Waals surface area contributed by atoms with E-state index in [0.717, 1.165) is 22.9 Å². The number of nitrogens with zero attached hydrogens (tertiary/aromatic N) is 5. The Bertz CT molecular complexity index is 404. The van der Waals surface area contributed by atoms with Gasteiger partial charge in [-0.2, -0.15) is 0 Å². The maximum absolute atomic E-state index is 4.03. The zero-order chi connectivity index (χ0) is 9.26. The first-order valence-corrected chi connectivity index (χ1v) is 4.77. The van der Waals surface area contributed by atoms with E-state index in [2.05, 4.69) is 26.7 Å². The highest BCUT2D eigenvalue weighted by Gasteiger charge is 2.11. The summed E-state index contributed by atoms with van der Waals surface area (Å²) in [5.41, 5.74) is 0.910. The zero-order valence-corrected chi connectivity index (χ0v) is 8.25. The highest BCUT2D eigenvalue weighted by atomic mass is 32.1. The summed E-state index contributed by atoms with van der Waals surface area (Å²) in [6.45, 7) is 4.84. The summed E-state index contributed by atoms with van der Waals surface area (Å²) < 4.78 is 5.84. The second-order valence-corrected chi connectivity index (χ2v) is 3.38. The quantitative estimate of drug-likeness (QED) is 0.720. The molecule has 0 N–H and O–H groups in total. The van der Waals surface area contributed by atoms with E-state index in [-0.39, 0.29) is 0 Å². The van der Waals surface area contributed by atoms with E-state index in [1.54, 1.807) is 6.33 Å². The minimum atomic E-state index is 0.856. The van der Waals surface area contributed by atoms with Crippen LogP contribution in [0, 0.1) is 6.92 Å². The molecule has 0 unspecified atom stereocenters. The normalized spacial score (nSPS) is 10.6. The minimum Gasteiger partial charge on any atom is -0.313 e. The van der Waals surface area contributed by atoms with Crippen molar-refractivity contribution in [3.05, 3.63) is 12.0 Å². The number of hydrogen-bond donors (Lipinski definition) is 0. The zero-order valence-electron chi connectivity index (χ0n) is 7.43. The van der Waals surface area contributed by atoms with Gasteiger partial charge < -0.3 is 4.57 Å². The lowest BCUT2D eigenvalue weighted by atomic mass is 10.4. The summed E-state index contributed by atoms with van der Waals surface area (Å²) in [6, 6.07) is 0. The van der Waals surface area contributed by atoms with Crippen molar-refractivity contribution < 1.29 is 0 Å². The maximum Gasteiger partial charge on any atom is 0.177 e. The van der Waals surface area contributed by atoms with Crippen molar-refractivity contribution >= 4 is 11.5 Å². The fourth-order valence-electron chi connectivity index (χ4n) is 1.10. The minimum absolute atomic E-state index is 0.856. The number of hydrogen-bond acceptors (Lipinski definition) is 5. The molecule has 0 aliphatic carbocycles. The predicted molar refractivity (Wildman–Crippen MR) is 49.3 cm³/mol. The second kappa shape index (κ2) is 3.21. The van der Waals surface area contributed by atoms with Gasteiger partial charge in [0.15, 0.2) is 5.82 Å². The van der Waals surface area contributed by atoms with Crippen LogP contribution in [0.3, 0.4) is 0 Å². The molecule has 0 aromatic carbocycles. The molecular formula is C7H9N5S. The van der Waals surface area contributed by atoms with Crippen LogP contribution in [0.2, 0.25) is 0 Å². The first-order valence-electron chi connectivity index (χ1n) is 4.00. The molecule has 68 valence electrons. The van der Waals surface area contributed by atoms with E-state index in [0.29, 0.717) is 0 Å². The second-order valence-electron chi connectivity index (χ2n) is 2.63. The molecule has 0 aliphatic rings. The van der Waals surface area contributed by atoms with E-state index < -0.39 is 0 Å². The van der Waals surface area contributed by atoms with Crippen LogP contribution in [0.5, 0.6) is 0 Å². The number of rotatable bonds is 2. The molecule has 0 radical (unpaired) electrons. The number of aromatic nitrogens is 5. The Labute approximate surface area is 79.6 Å². The maximum atomic E-state index is 4.03. The molecule has 2 aromatic heterocycles. The highest BCUT2D eigenvalue weighted by molar-refractivity contribution is 7.09. The van der Waals surface area contributed by atoms with Crippen molar-refractivity contribution in [2.75, 3.05) is 0 Å². The van der Waals surface area contributed by atoms with Gasteiger partial charge in [-0.3, -0.25) is 0 Å². The third-order valence-electron chi connectivity index (χ3n) is 1.81. The van der Waals surface area contributed by atoms with Crippen molar-refractivity contribution in [3.63, 3.8) is 0 Å². The van der Waals surface area contributed by atoms with Gasteiger partial charge >= 0.3 is 0 Å². The van der Waals surface area contributed by atoms with Crippen molar-refractivity contribution in [3.8, 4) is 10.7 Å². The molecule has 13 heavy (non-hydrogen) atoms. The van der Waals surface area contributed by atoms with E-state index in [1.165, 1.54) is 11.5 Å². The first kappa shape index (κ1) is 8.31. The summed E-state index contributed by atoms with van der Waals surface area (Å²) in [5, 5.41) is 11.8. The van der Waals surface area contributed by atoms with Gasteiger partial charge in [-0.05, 0) is 25.4 Å². The average molecular weight is 195 g/mol. The summed E-state index contributed by atoms with van der Waals surface area (Å²) in [6.07, 6.45) is 1.72. The van der Waals surface area contributed by atoms with Crippen LogP contribution in [-0.4, -0.2) is 24.4 Å². The molecule has 0 saturated carbocycles. The Morgan fingerprint density at radius 1 is 1.46 bits per heavy atom. The Morgan fingerprint density at radius 3 is 2.92 bits per heavy atom. The van der Waals surface area contributed by atoms with Gasteiger partial charge in [-0.25, -0.2) is 0 Å². The van der Waals surface area contributed by atoms with Gasteiger partial charge in [-0.15, -0.1) is 15.3 Å². The van der Waals surface area contributed by atoms with Crippen LogP contribution in [0.15, 0.2) is 6.33 Å². The molecule has 2 rings (SSSR count). The van der Waals surface area contributed by atoms with E-state index in [1.807, 2.05) is 11.5 Å². The standard InChI is InChI=1S/C7H9N5S/c1-3-12-4-8-10-7(12)6-5(2)9-11-13-6/h4H,3H2,1-2H3. The summed E-state index contributed by atoms with van der Waals surface area (Å²) in [7, 11) is 0. The Balaban J connectivity index is 2.52. The first-order chi connectivity index (χ1) is 6.33. The molecule has 0 aliphatic heterocycles. The molecule has 0 fully saturated rings. The summed E-state index contributed by atoms with van der Waals surface area (Å²) in [5.74, 6) is 0.856. The summed E-state index contributed by atoms with van der Waals surface area (Å²) >= 11 is 1.35. The Hall–Kier alpha value is -1.30. The van der Waals surface area contributed by atoms with E-state index in [9.17, 15) is 0 Å². The van der Waals surface area contributed by atoms with Crippen molar-refractivity contribution in [2.24, 2.45) is 0 Å². The van der Waals surface area contributed by atoms with Crippen LogP contribution >= 0.6 is 11.5 Å². The van der Waals surface area contributed by atoms with Gasteiger partial charge in [0.2, 0.25) is 0 Å². The fourth-order valence-corrected chi connectivity index (χ4v) is 1.76.